The van der Waals surface area contributed by atoms with E-state index in [4.69, 9.17) is 17.3 Å². The summed E-state index contributed by atoms with van der Waals surface area (Å²) in [6.45, 7) is 5.86. The number of carbonyl (C=O) groups is 1. The van der Waals surface area contributed by atoms with Crippen LogP contribution in [-0.2, 0) is 4.74 Å². The first-order chi connectivity index (χ1) is 9.20. The number of rotatable bonds is 1. The van der Waals surface area contributed by atoms with Crippen molar-refractivity contribution in [2.45, 2.75) is 52.1 Å². The maximum atomic E-state index is 12.3. The molecule has 0 bridgehead atoms. The smallest absolute Gasteiger partial charge is 0.410 e. The van der Waals surface area contributed by atoms with Crippen LogP contribution in [0.3, 0.4) is 0 Å². The molecule has 0 aromatic carbocycles. The van der Waals surface area contributed by atoms with Crippen LogP contribution in [0.2, 0.25) is 0 Å². The van der Waals surface area contributed by atoms with E-state index in [-0.39, 0.29) is 6.54 Å². The lowest BCUT2D eigenvalue weighted by molar-refractivity contribution is 0.00525. The van der Waals surface area contributed by atoms with Crippen molar-refractivity contribution in [1.82, 2.24) is 4.90 Å². The number of carbonyl (C=O) groups excluding carboxylic acids is 1. The third-order valence-corrected chi connectivity index (χ3v) is 2.05. The molecule has 0 unspecified atom stereocenters. The topological polar surface area (TPSA) is 55.6 Å². The minimum atomic E-state index is -2.62. The maximum Gasteiger partial charge on any atom is 0.410 e. The van der Waals surface area contributed by atoms with Crippen LogP contribution in [0.1, 0.15) is 47.3 Å². The van der Waals surface area contributed by atoms with Gasteiger partial charge < -0.3 is 15.4 Å². The van der Waals surface area contributed by atoms with Crippen LogP contribution in [0, 0.1) is 5.92 Å². The first-order valence-corrected chi connectivity index (χ1v) is 5.41. The minimum absolute atomic E-state index is 0.123. The normalized spacial score (nSPS) is 42.2. The summed E-state index contributed by atoms with van der Waals surface area (Å²) in [7, 11) is 0. The molecule has 0 saturated carbocycles. The first kappa shape index (κ1) is 7.54. The molecule has 1 amide bonds. The molecule has 1 aliphatic rings. The van der Waals surface area contributed by atoms with Crippen molar-refractivity contribution in [2.75, 3.05) is 13.1 Å². The molecule has 1 saturated heterocycles. The van der Waals surface area contributed by atoms with Crippen molar-refractivity contribution in [1.29, 1.82) is 0 Å². The van der Waals surface area contributed by atoms with E-state index in [0.29, 0.717) is 0 Å². The van der Waals surface area contributed by atoms with E-state index < -0.39 is 42.9 Å². The van der Waals surface area contributed by atoms with E-state index in [1.165, 1.54) is 6.92 Å². The zero-order valence-electron chi connectivity index (χ0n) is 15.3. The summed E-state index contributed by atoms with van der Waals surface area (Å²) in [6, 6.07) is -2.22. The Morgan fingerprint density at radius 1 is 1.62 bits per heavy atom. The summed E-state index contributed by atoms with van der Waals surface area (Å²) < 4.78 is 45.5. The largest absolute Gasteiger partial charge is 0.444 e. The fourth-order valence-electron chi connectivity index (χ4n) is 1.37. The fourth-order valence-corrected chi connectivity index (χ4v) is 1.37. The average molecular weight is 233 g/mol. The second-order valence-corrected chi connectivity index (χ2v) is 4.91. The first-order valence-electron chi connectivity index (χ1n) is 7.91. The third-order valence-electron chi connectivity index (χ3n) is 2.05. The Hall–Kier alpha value is -0.770. The quantitative estimate of drug-likeness (QED) is 0.753. The Morgan fingerprint density at radius 3 is 2.75 bits per heavy atom. The molecule has 0 aromatic heterocycles. The van der Waals surface area contributed by atoms with E-state index in [1.807, 2.05) is 0 Å². The Balaban J connectivity index is 3.25. The van der Waals surface area contributed by atoms with Gasteiger partial charge in [0.15, 0.2) is 0 Å². The van der Waals surface area contributed by atoms with Crippen LogP contribution in [0.15, 0.2) is 0 Å². The van der Waals surface area contributed by atoms with Crippen LogP contribution in [0.5, 0.6) is 0 Å². The number of hydrogen-bond donors (Lipinski definition) is 1. The van der Waals surface area contributed by atoms with Gasteiger partial charge in [0.2, 0.25) is 0 Å². The maximum absolute atomic E-state index is 12.3. The lowest BCUT2D eigenvalue weighted by Gasteiger charge is -2.38. The van der Waals surface area contributed by atoms with Crippen molar-refractivity contribution in [3.63, 3.8) is 0 Å². The van der Waals surface area contributed by atoms with Crippen LogP contribution in [0.25, 0.3) is 0 Å². The van der Waals surface area contributed by atoms with Gasteiger partial charge in [0, 0.05) is 24.6 Å². The lowest BCUT2D eigenvalue weighted by atomic mass is 9.94. The van der Waals surface area contributed by atoms with Crippen molar-refractivity contribution >= 4 is 6.09 Å². The summed E-state index contributed by atoms with van der Waals surface area (Å²) >= 11 is 0. The van der Waals surface area contributed by atoms with Crippen LogP contribution in [-0.4, -0.2) is 35.7 Å². The predicted molar refractivity (Wildman–Crippen MR) is 64.2 cm³/mol. The summed E-state index contributed by atoms with van der Waals surface area (Å²) in [5.41, 5.74) is 4.74. The molecule has 4 heteroatoms. The van der Waals surface area contributed by atoms with Gasteiger partial charge in [0.25, 0.3) is 0 Å². The van der Waals surface area contributed by atoms with E-state index in [1.54, 1.807) is 20.8 Å². The molecule has 1 fully saturated rings. The zero-order valence-corrected chi connectivity index (χ0v) is 10.3. The van der Waals surface area contributed by atoms with Crippen molar-refractivity contribution < 1.29 is 16.4 Å². The van der Waals surface area contributed by atoms with Gasteiger partial charge in [-0.15, -0.1) is 0 Å². The Kier molecular flexibility index (Phi) is 2.37. The fraction of sp³-hybridized carbons (Fsp3) is 0.917. The molecule has 4 nitrogen and oxygen atoms in total. The highest BCUT2D eigenvalue weighted by Crippen LogP contribution is 2.23. The molecule has 1 heterocycles. The molecule has 1 aliphatic heterocycles. The highest BCUT2D eigenvalue weighted by Gasteiger charge is 2.31. The van der Waals surface area contributed by atoms with Crippen molar-refractivity contribution in [2.24, 2.45) is 11.7 Å². The molecule has 0 spiro atoms. The molecule has 94 valence electrons. The molecule has 2 atom stereocenters. The van der Waals surface area contributed by atoms with E-state index >= 15 is 0 Å². The number of hydrogen-bond acceptors (Lipinski definition) is 3. The summed E-state index contributed by atoms with van der Waals surface area (Å²) in [4.78, 5) is 13.2. The molecule has 0 aliphatic carbocycles. The monoisotopic (exact) mass is 233 g/mol. The van der Waals surface area contributed by atoms with Crippen molar-refractivity contribution in [3.05, 3.63) is 0 Å². The van der Waals surface area contributed by atoms with E-state index in [0.717, 1.165) is 4.90 Å². The summed E-state index contributed by atoms with van der Waals surface area (Å²) in [5, 5.41) is 0. The molecular weight excluding hydrogens is 204 g/mol. The van der Waals surface area contributed by atoms with Crippen LogP contribution in [0.4, 0.5) is 4.79 Å². The molecular formula is C12H24N2O2. The Bertz CT molecular complexity index is 424. The number of amides is 1. The van der Waals surface area contributed by atoms with Gasteiger partial charge >= 0.3 is 6.09 Å². The number of nitrogens with two attached hydrogens (primary N) is 1. The number of nitrogens with zero attached hydrogens (tertiary/aromatic N) is 1. The lowest BCUT2D eigenvalue weighted by Crippen LogP contribution is -2.51. The zero-order chi connectivity index (χ0) is 16.9. The third kappa shape index (κ3) is 3.67. The Labute approximate surface area is 105 Å². The molecule has 1 rings (SSSR count). The van der Waals surface area contributed by atoms with Gasteiger partial charge in [-0.05, 0) is 39.4 Å². The second-order valence-electron chi connectivity index (χ2n) is 4.91. The summed E-state index contributed by atoms with van der Waals surface area (Å²) in [5.74, 6) is -0.787. The van der Waals surface area contributed by atoms with Crippen LogP contribution >= 0.6 is 0 Å². The van der Waals surface area contributed by atoms with Gasteiger partial charge in [-0.25, -0.2) is 4.79 Å². The molecule has 2 N–H and O–H groups in total. The highest BCUT2D eigenvalue weighted by atomic mass is 16.6. The predicted octanol–water partition coefficient (Wildman–Crippen LogP) is 1.98. The van der Waals surface area contributed by atoms with Crippen LogP contribution < -0.4 is 5.73 Å². The number of piperidine rings is 1. The van der Waals surface area contributed by atoms with Crippen molar-refractivity contribution in [3.8, 4) is 0 Å². The number of ether oxygens (including phenoxy) is 1. The number of likely N-dealkylation sites (tertiary alicyclic amines) is 1. The minimum Gasteiger partial charge on any atom is -0.444 e. The standard InChI is InChI=1S/C12H24N2O2/c1-9-5-6-10(7-13)14(8-9)11(15)16-12(2,3)4/h9-10H,5-8,13H2,1-4H3/t9-,10-/m0/s1/i5D2,6D2,10D. The highest BCUT2D eigenvalue weighted by molar-refractivity contribution is 5.68. The van der Waals surface area contributed by atoms with E-state index in [2.05, 4.69) is 0 Å². The second kappa shape index (κ2) is 5.04. The SMILES string of the molecule is [2H]C1([2H])[C@H](C)CN(C(=O)OC(C)(C)C)[C@]([2H])(CN)C1([2H])[2H]. The Morgan fingerprint density at radius 2 is 2.25 bits per heavy atom. The summed E-state index contributed by atoms with van der Waals surface area (Å²) in [6.07, 6.45) is -5.75. The molecule has 0 aromatic rings. The molecule has 0 radical (unpaired) electrons. The average Bonchev–Trinajstić information content (AvgIpc) is 2.30. The van der Waals surface area contributed by atoms with Gasteiger partial charge in [-0.1, -0.05) is 6.92 Å². The van der Waals surface area contributed by atoms with Gasteiger partial charge in [0.1, 0.15) is 5.60 Å². The van der Waals surface area contributed by atoms with Gasteiger partial charge in [0.05, 0.1) is 1.37 Å². The van der Waals surface area contributed by atoms with E-state index in [9.17, 15) is 4.79 Å². The molecule has 16 heavy (non-hydrogen) atoms. The van der Waals surface area contributed by atoms with Gasteiger partial charge in [-0.2, -0.15) is 0 Å². The van der Waals surface area contributed by atoms with Gasteiger partial charge in [-0.3, -0.25) is 0 Å².